The first-order valence-corrected chi connectivity index (χ1v) is 10.9. The first-order valence-electron chi connectivity index (χ1n) is 10.9. The van der Waals surface area contributed by atoms with E-state index in [0.29, 0.717) is 17.2 Å². The molecule has 6 nitrogen and oxygen atoms in total. The molecule has 0 amide bonds. The van der Waals surface area contributed by atoms with Crippen molar-refractivity contribution in [1.29, 1.82) is 0 Å². The largest absolute Gasteiger partial charge is 0.471 e. The molecule has 2 aromatic heterocycles. The number of fused-ring (bicyclic) bond motifs is 1. The highest BCUT2D eigenvalue weighted by Gasteiger charge is 2.52. The molecule has 0 bridgehead atoms. The summed E-state index contributed by atoms with van der Waals surface area (Å²) in [7, 11) is 0. The molecule has 1 saturated heterocycles. The van der Waals surface area contributed by atoms with Crippen LogP contribution in [0.15, 0.2) is 30.6 Å². The van der Waals surface area contributed by atoms with Gasteiger partial charge in [-0.2, -0.15) is 5.10 Å². The van der Waals surface area contributed by atoms with Crippen molar-refractivity contribution in [3.05, 3.63) is 36.2 Å². The number of piperidine rings is 1. The molecule has 1 aliphatic heterocycles. The van der Waals surface area contributed by atoms with E-state index in [1.807, 2.05) is 0 Å². The number of H-pyrrole nitrogens is 1. The summed E-state index contributed by atoms with van der Waals surface area (Å²) in [5.41, 5.74) is 4.39. The number of ether oxygens (including phenoxy) is 1. The molecule has 6 rings (SSSR count). The Morgan fingerprint density at radius 3 is 2.90 bits per heavy atom. The van der Waals surface area contributed by atoms with Crippen LogP contribution in [0.3, 0.4) is 0 Å². The Labute approximate surface area is 170 Å². The first-order chi connectivity index (χ1) is 14.2. The fourth-order valence-corrected chi connectivity index (χ4v) is 4.89. The van der Waals surface area contributed by atoms with Gasteiger partial charge in [-0.15, -0.1) is 0 Å². The van der Waals surface area contributed by atoms with Crippen LogP contribution >= 0.6 is 0 Å². The second kappa shape index (κ2) is 6.52. The van der Waals surface area contributed by atoms with Crippen molar-refractivity contribution in [2.24, 2.45) is 11.3 Å². The maximum atomic E-state index is 6.31. The zero-order valence-electron chi connectivity index (χ0n) is 16.8. The third kappa shape index (κ3) is 3.10. The van der Waals surface area contributed by atoms with Crippen molar-refractivity contribution >= 4 is 10.9 Å². The second-order valence-electron chi connectivity index (χ2n) is 9.17. The van der Waals surface area contributed by atoms with E-state index in [2.05, 4.69) is 45.6 Å². The maximum Gasteiger partial charge on any atom is 0.233 e. The molecule has 1 aromatic carbocycles. The molecule has 3 aromatic rings. The lowest BCUT2D eigenvalue weighted by atomic mass is 9.92. The van der Waals surface area contributed by atoms with Gasteiger partial charge in [0.05, 0.1) is 17.9 Å². The van der Waals surface area contributed by atoms with E-state index in [1.54, 1.807) is 12.4 Å². The van der Waals surface area contributed by atoms with Crippen LogP contribution in [0.4, 0.5) is 0 Å². The third-order valence-electron chi connectivity index (χ3n) is 7.26. The van der Waals surface area contributed by atoms with Crippen molar-refractivity contribution in [2.45, 2.75) is 51.0 Å². The van der Waals surface area contributed by atoms with Crippen LogP contribution in [0.2, 0.25) is 0 Å². The molecule has 1 spiro atoms. The van der Waals surface area contributed by atoms with Crippen LogP contribution in [0, 0.1) is 11.3 Å². The SMILES string of the molecule is CC(c1ccc2[nH]nc(-c3cncc(O[C@H]4CNCCC45CC5)n3)c2c1)C1CC1. The molecule has 0 radical (unpaired) electrons. The van der Waals surface area contributed by atoms with E-state index in [-0.39, 0.29) is 6.10 Å². The molecule has 3 fully saturated rings. The zero-order valence-corrected chi connectivity index (χ0v) is 16.8. The average molecular weight is 390 g/mol. The van der Waals surface area contributed by atoms with Gasteiger partial charge < -0.3 is 10.1 Å². The number of hydrogen-bond acceptors (Lipinski definition) is 5. The molecular formula is C23H27N5O. The Bertz CT molecular complexity index is 1050. The lowest BCUT2D eigenvalue weighted by Crippen LogP contribution is -2.45. The number of aromatic nitrogens is 4. The molecule has 2 aliphatic carbocycles. The van der Waals surface area contributed by atoms with Crippen LogP contribution in [-0.2, 0) is 0 Å². The third-order valence-corrected chi connectivity index (χ3v) is 7.26. The zero-order chi connectivity index (χ0) is 19.4. The van der Waals surface area contributed by atoms with Crippen LogP contribution < -0.4 is 10.1 Å². The van der Waals surface area contributed by atoms with Gasteiger partial charge in [0.15, 0.2) is 0 Å². The fourth-order valence-electron chi connectivity index (χ4n) is 4.89. The topological polar surface area (TPSA) is 75.7 Å². The van der Waals surface area contributed by atoms with E-state index < -0.39 is 0 Å². The van der Waals surface area contributed by atoms with Crippen molar-refractivity contribution in [3.63, 3.8) is 0 Å². The van der Waals surface area contributed by atoms with Gasteiger partial charge in [0.2, 0.25) is 5.88 Å². The van der Waals surface area contributed by atoms with Gasteiger partial charge in [0, 0.05) is 17.3 Å². The Hall–Kier alpha value is -2.47. The maximum absolute atomic E-state index is 6.31. The Kier molecular flexibility index (Phi) is 3.91. The van der Waals surface area contributed by atoms with Crippen molar-refractivity contribution < 1.29 is 4.74 Å². The highest BCUT2D eigenvalue weighted by molar-refractivity contribution is 5.92. The highest BCUT2D eigenvalue weighted by atomic mass is 16.5. The minimum Gasteiger partial charge on any atom is -0.471 e. The second-order valence-corrected chi connectivity index (χ2v) is 9.17. The summed E-state index contributed by atoms with van der Waals surface area (Å²) in [5, 5.41) is 12.3. The van der Waals surface area contributed by atoms with Gasteiger partial charge >= 0.3 is 0 Å². The van der Waals surface area contributed by atoms with E-state index in [9.17, 15) is 0 Å². The number of aromatic amines is 1. The lowest BCUT2D eigenvalue weighted by Gasteiger charge is -2.32. The van der Waals surface area contributed by atoms with E-state index >= 15 is 0 Å². The van der Waals surface area contributed by atoms with Crippen LogP contribution in [0.5, 0.6) is 5.88 Å². The molecule has 3 aliphatic rings. The smallest absolute Gasteiger partial charge is 0.233 e. The van der Waals surface area contributed by atoms with Crippen LogP contribution in [-0.4, -0.2) is 39.4 Å². The normalized spacial score (nSPS) is 24.0. The van der Waals surface area contributed by atoms with Gasteiger partial charge in [-0.25, -0.2) is 4.98 Å². The summed E-state index contributed by atoms with van der Waals surface area (Å²) in [4.78, 5) is 9.19. The monoisotopic (exact) mass is 389 g/mol. The van der Waals surface area contributed by atoms with Crippen LogP contribution in [0.25, 0.3) is 22.3 Å². The number of nitrogens with one attached hydrogen (secondary N) is 2. The Balaban J connectivity index is 1.31. The summed E-state index contributed by atoms with van der Waals surface area (Å²) in [6, 6.07) is 6.64. The molecule has 2 N–H and O–H groups in total. The van der Waals surface area contributed by atoms with Gasteiger partial charge in [-0.05, 0) is 68.2 Å². The average Bonchev–Trinajstić information content (AvgIpc) is 3.68. The number of benzene rings is 1. The molecule has 2 atom stereocenters. The van der Waals surface area contributed by atoms with Crippen molar-refractivity contribution in [2.75, 3.05) is 13.1 Å². The quantitative estimate of drug-likeness (QED) is 0.688. The minimum absolute atomic E-state index is 0.183. The summed E-state index contributed by atoms with van der Waals surface area (Å²) in [6.07, 6.45) is 10.1. The molecule has 150 valence electrons. The number of nitrogens with zero attached hydrogens (tertiary/aromatic N) is 3. The molecule has 29 heavy (non-hydrogen) atoms. The van der Waals surface area contributed by atoms with Gasteiger partial charge in [-0.1, -0.05) is 13.0 Å². The van der Waals surface area contributed by atoms with Gasteiger partial charge in [0.1, 0.15) is 17.5 Å². The number of rotatable bonds is 5. The summed E-state index contributed by atoms with van der Waals surface area (Å²) < 4.78 is 6.31. The van der Waals surface area contributed by atoms with E-state index in [0.717, 1.165) is 41.3 Å². The Morgan fingerprint density at radius 1 is 1.17 bits per heavy atom. The number of hydrogen-bond donors (Lipinski definition) is 2. The molecule has 6 heteroatoms. The van der Waals surface area contributed by atoms with E-state index in [1.165, 1.54) is 37.7 Å². The van der Waals surface area contributed by atoms with Crippen LogP contribution in [0.1, 0.15) is 50.5 Å². The Morgan fingerprint density at radius 2 is 2.07 bits per heavy atom. The fraction of sp³-hybridized carbons (Fsp3) is 0.522. The summed E-state index contributed by atoms with van der Waals surface area (Å²) in [6.45, 7) is 4.31. The lowest BCUT2D eigenvalue weighted by molar-refractivity contribution is 0.0844. The van der Waals surface area contributed by atoms with Gasteiger partial charge in [-0.3, -0.25) is 10.1 Å². The molecule has 3 heterocycles. The molecule has 1 unspecified atom stereocenters. The predicted molar refractivity (Wildman–Crippen MR) is 112 cm³/mol. The van der Waals surface area contributed by atoms with Gasteiger partial charge in [0.25, 0.3) is 0 Å². The summed E-state index contributed by atoms with van der Waals surface area (Å²) >= 11 is 0. The summed E-state index contributed by atoms with van der Waals surface area (Å²) in [5.74, 6) is 2.02. The van der Waals surface area contributed by atoms with Crippen molar-refractivity contribution in [1.82, 2.24) is 25.5 Å². The van der Waals surface area contributed by atoms with Crippen molar-refractivity contribution in [3.8, 4) is 17.3 Å². The highest BCUT2D eigenvalue weighted by Crippen LogP contribution is 2.53. The molecule has 2 saturated carbocycles. The molecular weight excluding hydrogens is 362 g/mol. The van der Waals surface area contributed by atoms with E-state index in [4.69, 9.17) is 9.72 Å². The minimum atomic E-state index is 0.183. The standard InChI is InChI=1S/C23H27N5O/c1-14(15-2-3-15)16-4-5-18-17(10-16)22(28-27-18)19-11-25-13-21(26-19)29-20-12-24-9-8-23(20)6-7-23/h4-5,10-11,13-15,20,24H,2-3,6-9,12H2,1H3,(H,27,28)/t14?,20-/m0/s1. The predicted octanol–water partition coefficient (Wildman–Crippen LogP) is 4.05. The first kappa shape index (κ1) is 17.4.